The maximum atomic E-state index is 12.7. The van der Waals surface area contributed by atoms with Crippen molar-refractivity contribution in [2.24, 2.45) is 0 Å². The van der Waals surface area contributed by atoms with E-state index in [-0.39, 0.29) is 5.91 Å². The lowest BCUT2D eigenvalue weighted by Gasteiger charge is -2.36. The summed E-state index contributed by atoms with van der Waals surface area (Å²) in [6, 6.07) is 3.98. The summed E-state index contributed by atoms with van der Waals surface area (Å²) in [6.45, 7) is 5.07. The van der Waals surface area contributed by atoms with Crippen LogP contribution < -0.4 is 5.73 Å². The van der Waals surface area contributed by atoms with Crippen molar-refractivity contribution in [3.05, 3.63) is 23.4 Å². The molecule has 0 saturated carbocycles. The van der Waals surface area contributed by atoms with E-state index in [0.717, 1.165) is 44.3 Å². The molecule has 0 aromatic carbocycles. The zero-order valence-corrected chi connectivity index (χ0v) is 12.6. The monoisotopic (exact) mass is 275 g/mol. The van der Waals surface area contributed by atoms with Gasteiger partial charge in [0.25, 0.3) is 5.91 Å². The van der Waals surface area contributed by atoms with E-state index in [2.05, 4.69) is 11.9 Å². The minimum Gasteiger partial charge on any atom is -0.384 e. The molecule has 1 saturated heterocycles. The van der Waals surface area contributed by atoms with Crippen LogP contribution >= 0.6 is 0 Å². The molecular formula is C16H25N3O. The van der Waals surface area contributed by atoms with Crippen molar-refractivity contribution in [3.63, 3.8) is 0 Å². The first-order valence-corrected chi connectivity index (χ1v) is 7.73. The normalized spacial score (nSPS) is 19.1. The number of aryl methyl sites for hydroxylation is 1. The van der Waals surface area contributed by atoms with Gasteiger partial charge >= 0.3 is 0 Å². The summed E-state index contributed by atoms with van der Waals surface area (Å²) in [5.41, 5.74) is 7.39. The average Bonchev–Trinajstić information content (AvgIpc) is 2.46. The van der Waals surface area contributed by atoms with Gasteiger partial charge < -0.3 is 10.6 Å². The number of nitrogen functional groups attached to an aromatic ring is 1. The van der Waals surface area contributed by atoms with E-state index in [4.69, 9.17) is 5.73 Å². The van der Waals surface area contributed by atoms with Gasteiger partial charge in [-0.15, -0.1) is 0 Å². The number of carbonyl (C=O) groups is 1. The molecule has 1 fully saturated rings. The zero-order chi connectivity index (χ0) is 14.5. The molecule has 1 atom stereocenters. The highest BCUT2D eigenvalue weighted by molar-refractivity contribution is 5.95. The molecule has 110 valence electrons. The Bertz CT molecular complexity index is 471. The molecule has 1 aliphatic heterocycles. The molecule has 1 amide bonds. The summed E-state index contributed by atoms with van der Waals surface area (Å²) >= 11 is 0. The lowest BCUT2D eigenvalue weighted by molar-refractivity contribution is 0.0600. The Balaban J connectivity index is 2.22. The molecule has 1 aromatic heterocycles. The molecule has 4 nitrogen and oxygen atoms in total. The largest absolute Gasteiger partial charge is 0.384 e. The second-order valence-electron chi connectivity index (χ2n) is 5.56. The third kappa shape index (κ3) is 3.30. The minimum absolute atomic E-state index is 0.118. The molecule has 1 aliphatic rings. The summed E-state index contributed by atoms with van der Waals surface area (Å²) in [6.07, 6.45) is 6.46. The van der Waals surface area contributed by atoms with Gasteiger partial charge in [-0.1, -0.05) is 20.3 Å². The van der Waals surface area contributed by atoms with Crippen LogP contribution in [-0.4, -0.2) is 28.4 Å². The first kappa shape index (κ1) is 14.8. The number of aromatic nitrogens is 1. The van der Waals surface area contributed by atoms with Crippen LogP contribution in [0.2, 0.25) is 0 Å². The highest BCUT2D eigenvalue weighted by Gasteiger charge is 2.27. The van der Waals surface area contributed by atoms with Gasteiger partial charge in [-0.05, 0) is 44.2 Å². The number of piperidine rings is 1. The second kappa shape index (κ2) is 6.73. The maximum Gasteiger partial charge on any atom is 0.254 e. The van der Waals surface area contributed by atoms with E-state index in [1.807, 2.05) is 17.9 Å². The predicted octanol–water partition coefficient (Wildman–Crippen LogP) is 3.02. The Morgan fingerprint density at radius 1 is 1.40 bits per heavy atom. The standard InChI is InChI=1S/C16H25N3O/c1-3-7-14-8-5-6-9-19(14)16(20)12-10-13(4-2)18-15(17)11-12/h10-11,14H,3-9H2,1-2H3,(H2,17,18). The van der Waals surface area contributed by atoms with Crippen molar-refractivity contribution in [1.29, 1.82) is 0 Å². The molecule has 0 spiro atoms. The van der Waals surface area contributed by atoms with Gasteiger partial charge in [0.05, 0.1) is 0 Å². The molecule has 1 aromatic rings. The fourth-order valence-electron chi connectivity index (χ4n) is 2.98. The molecule has 1 unspecified atom stereocenters. The van der Waals surface area contributed by atoms with Gasteiger partial charge in [0, 0.05) is 23.8 Å². The summed E-state index contributed by atoms with van der Waals surface area (Å²) in [7, 11) is 0. The van der Waals surface area contributed by atoms with Crippen molar-refractivity contribution in [1.82, 2.24) is 9.88 Å². The molecule has 0 bridgehead atoms. The first-order chi connectivity index (χ1) is 9.65. The predicted molar refractivity (Wildman–Crippen MR) is 81.6 cm³/mol. The number of nitrogens with zero attached hydrogens (tertiary/aromatic N) is 2. The van der Waals surface area contributed by atoms with E-state index >= 15 is 0 Å². The second-order valence-corrected chi connectivity index (χ2v) is 5.56. The number of hydrogen-bond acceptors (Lipinski definition) is 3. The average molecular weight is 275 g/mol. The number of anilines is 1. The topological polar surface area (TPSA) is 59.2 Å². The van der Waals surface area contributed by atoms with E-state index in [1.165, 1.54) is 6.42 Å². The van der Waals surface area contributed by atoms with E-state index < -0.39 is 0 Å². The fraction of sp³-hybridized carbons (Fsp3) is 0.625. The minimum atomic E-state index is 0.118. The maximum absolute atomic E-state index is 12.7. The summed E-state index contributed by atoms with van der Waals surface area (Å²) in [5, 5.41) is 0. The Morgan fingerprint density at radius 2 is 2.20 bits per heavy atom. The Morgan fingerprint density at radius 3 is 2.90 bits per heavy atom. The number of amides is 1. The third-order valence-electron chi connectivity index (χ3n) is 4.02. The third-order valence-corrected chi connectivity index (χ3v) is 4.02. The van der Waals surface area contributed by atoms with Crippen molar-refractivity contribution in [3.8, 4) is 0 Å². The molecule has 20 heavy (non-hydrogen) atoms. The molecule has 4 heteroatoms. The number of nitrogens with two attached hydrogens (primary N) is 1. The summed E-state index contributed by atoms with van der Waals surface area (Å²) < 4.78 is 0. The number of rotatable bonds is 4. The fourth-order valence-corrected chi connectivity index (χ4v) is 2.98. The van der Waals surface area contributed by atoms with Crippen LogP contribution in [0.5, 0.6) is 0 Å². The SMILES string of the molecule is CCCC1CCCCN1C(=O)c1cc(N)nc(CC)c1. The van der Waals surface area contributed by atoms with Crippen LogP contribution in [0, 0.1) is 0 Å². The summed E-state index contributed by atoms with van der Waals surface area (Å²) in [4.78, 5) is 19.0. The van der Waals surface area contributed by atoms with Crippen LogP contribution in [0.1, 0.15) is 62.0 Å². The van der Waals surface area contributed by atoms with E-state index in [1.54, 1.807) is 6.07 Å². The lowest BCUT2D eigenvalue weighted by Crippen LogP contribution is -2.43. The number of likely N-dealkylation sites (tertiary alicyclic amines) is 1. The Kier molecular flexibility index (Phi) is 4.99. The van der Waals surface area contributed by atoms with Crippen LogP contribution in [-0.2, 0) is 6.42 Å². The Labute approximate surface area is 121 Å². The van der Waals surface area contributed by atoms with Crippen molar-refractivity contribution < 1.29 is 4.79 Å². The van der Waals surface area contributed by atoms with Crippen molar-refractivity contribution >= 4 is 11.7 Å². The highest BCUT2D eigenvalue weighted by atomic mass is 16.2. The van der Waals surface area contributed by atoms with Gasteiger partial charge in [-0.2, -0.15) is 0 Å². The van der Waals surface area contributed by atoms with Crippen LogP contribution in [0.3, 0.4) is 0 Å². The quantitative estimate of drug-likeness (QED) is 0.919. The Hall–Kier alpha value is -1.58. The zero-order valence-electron chi connectivity index (χ0n) is 12.6. The summed E-state index contributed by atoms with van der Waals surface area (Å²) in [5.74, 6) is 0.559. The first-order valence-electron chi connectivity index (χ1n) is 7.73. The lowest BCUT2D eigenvalue weighted by atomic mass is 9.97. The van der Waals surface area contributed by atoms with Gasteiger partial charge in [0.1, 0.15) is 5.82 Å². The van der Waals surface area contributed by atoms with E-state index in [9.17, 15) is 4.79 Å². The molecule has 0 radical (unpaired) electrons. The number of hydrogen-bond donors (Lipinski definition) is 1. The molecule has 2 rings (SSSR count). The molecular weight excluding hydrogens is 250 g/mol. The van der Waals surface area contributed by atoms with Crippen LogP contribution in [0.4, 0.5) is 5.82 Å². The highest BCUT2D eigenvalue weighted by Crippen LogP contribution is 2.23. The van der Waals surface area contributed by atoms with E-state index in [0.29, 0.717) is 17.4 Å². The molecule has 2 heterocycles. The van der Waals surface area contributed by atoms with Crippen LogP contribution in [0.25, 0.3) is 0 Å². The van der Waals surface area contributed by atoms with Crippen LogP contribution in [0.15, 0.2) is 12.1 Å². The number of pyridine rings is 1. The smallest absolute Gasteiger partial charge is 0.254 e. The van der Waals surface area contributed by atoms with Crippen molar-refractivity contribution in [2.75, 3.05) is 12.3 Å². The van der Waals surface area contributed by atoms with Crippen molar-refractivity contribution in [2.45, 2.75) is 58.4 Å². The van der Waals surface area contributed by atoms with Gasteiger partial charge in [-0.3, -0.25) is 4.79 Å². The van der Waals surface area contributed by atoms with Gasteiger partial charge in [-0.25, -0.2) is 4.98 Å². The van der Waals surface area contributed by atoms with Gasteiger partial charge in [0.15, 0.2) is 0 Å². The molecule has 0 aliphatic carbocycles. The molecule has 2 N–H and O–H groups in total. The van der Waals surface area contributed by atoms with Gasteiger partial charge in [0.2, 0.25) is 0 Å². The number of carbonyl (C=O) groups excluding carboxylic acids is 1.